The summed E-state index contributed by atoms with van der Waals surface area (Å²) in [6.45, 7) is 2.28. The molecule has 1 aliphatic heterocycles. The lowest BCUT2D eigenvalue weighted by atomic mass is 9.79. The van der Waals surface area contributed by atoms with Crippen molar-refractivity contribution in [3.05, 3.63) is 35.9 Å². The van der Waals surface area contributed by atoms with Gasteiger partial charge >= 0.3 is 6.03 Å². The van der Waals surface area contributed by atoms with Gasteiger partial charge in [0.05, 0.1) is 0 Å². The van der Waals surface area contributed by atoms with Crippen LogP contribution in [0.25, 0.3) is 0 Å². The molecule has 5 N–H and O–H groups in total. The number of amides is 2. The number of rotatable bonds is 4. The lowest BCUT2D eigenvalue weighted by Crippen LogP contribution is -2.62. The number of hydrogen-bond acceptors (Lipinski definition) is 4. The van der Waals surface area contributed by atoms with E-state index in [4.69, 9.17) is 5.73 Å². The summed E-state index contributed by atoms with van der Waals surface area (Å²) in [6.07, 6.45) is 0.401. The van der Waals surface area contributed by atoms with Crippen molar-refractivity contribution in [3.63, 3.8) is 0 Å². The molecule has 0 aromatic heterocycles. The number of nitrogens with two attached hydrogens (primary N) is 1. The number of carbonyl (C=O) groups is 2. The zero-order valence-corrected chi connectivity index (χ0v) is 11.3. The number of hydrogen-bond donors (Lipinski definition) is 4. The molecule has 20 heavy (non-hydrogen) atoms. The van der Waals surface area contributed by atoms with E-state index in [-0.39, 0.29) is 6.54 Å². The fraction of sp³-hybridized carbons (Fsp3) is 0.429. The Bertz CT molecular complexity index is 508. The molecule has 2 rings (SSSR count). The number of primary amides is 1. The molecule has 0 bridgehead atoms. The molecule has 0 saturated carbocycles. The molecule has 1 aromatic carbocycles. The maximum Gasteiger partial charge on any atom is 0.313 e. The average molecular weight is 277 g/mol. The van der Waals surface area contributed by atoms with Gasteiger partial charge in [0.1, 0.15) is 11.1 Å². The minimum Gasteiger partial charge on any atom is -0.377 e. The van der Waals surface area contributed by atoms with E-state index in [1.54, 1.807) is 30.3 Å². The molecule has 0 spiro atoms. The van der Waals surface area contributed by atoms with E-state index in [0.29, 0.717) is 18.5 Å². The van der Waals surface area contributed by atoms with Gasteiger partial charge in [0.25, 0.3) is 0 Å². The summed E-state index contributed by atoms with van der Waals surface area (Å²) in [5.41, 5.74) is 2.81. The number of Topliss-reactive ketones (excluding diaryl/α,β-unsaturated/α-hetero) is 1. The smallest absolute Gasteiger partial charge is 0.313 e. The van der Waals surface area contributed by atoms with Gasteiger partial charge in [-0.05, 0) is 25.5 Å². The molecule has 6 heteroatoms. The molecule has 0 radical (unpaired) electrons. The van der Waals surface area contributed by atoms with Crippen molar-refractivity contribution in [1.82, 2.24) is 10.6 Å². The summed E-state index contributed by atoms with van der Waals surface area (Å²) in [7, 11) is 0. The number of urea groups is 1. The number of benzene rings is 1. The Morgan fingerprint density at radius 2 is 2.05 bits per heavy atom. The van der Waals surface area contributed by atoms with Crippen molar-refractivity contribution in [3.8, 4) is 0 Å². The second kappa shape index (κ2) is 5.22. The summed E-state index contributed by atoms with van der Waals surface area (Å²) in [5, 5.41) is 16.1. The minimum absolute atomic E-state index is 0.262. The first-order valence-corrected chi connectivity index (χ1v) is 6.50. The van der Waals surface area contributed by atoms with Crippen molar-refractivity contribution in [2.45, 2.75) is 24.5 Å². The highest BCUT2D eigenvalue weighted by Gasteiger charge is 2.50. The highest BCUT2D eigenvalue weighted by Crippen LogP contribution is 2.29. The standard InChI is InChI=1S/C14H19N3O3/c1-13(20,10-5-3-2-4-6-10)11(18)14(17-12(15)19)7-8-16-9-14/h2-6,16,20H,7-9H2,1H3,(H3,15,17,19)/t13?,14-/m1/s1. The first-order valence-electron chi connectivity index (χ1n) is 6.50. The van der Waals surface area contributed by atoms with E-state index >= 15 is 0 Å². The molecule has 6 nitrogen and oxygen atoms in total. The zero-order valence-electron chi connectivity index (χ0n) is 11.3. The molecule has 1 unspecified atom stereocenters. The van der Waals surface area contributed by atoms with Crippen molar-refractivity contribution in [2.75, 3.05) is 13.1 Å². The first kappa shape index (κ1) is 14.5. The van der Waals surface area contributed by atoms with Crippen LogP contribution in [-0.4, -0.2) is 35.5 Å². The molecule has 1 aliphatic rings. The normalized spacial score (nSPS) is 24.9. The Morgan fingerprint density at radius 1 is 1.40 bits per heavy atom. The van der Waals surface area contributed by atoms with Gasteiger partial charge < -0.3 is 21.5 Å². The van der Waals surface area contributed by atoms with Crippen LogP contribution in [0.3, 0.4) is 0 Å². The summed E-state index contributed by atoms with van der Waals surface area (Å²) < 4.78 is 0. The summed E-state index contributed by atoms with van der Waals surface area (Å²) in [5.74, 6) is -0.458. The molecular formula is C14H19N3O3. The SMILES string of the molecule is CC(O)(C(=O)[C@@]1(NC(N)=O)CCNC1)c1ccccc1. The average Bonchev–Trinajstić information content (AvgIpc) is 2.87. The summed E-state index contributed by atoms with van der Waals surface area (Å²) >= 11 is 0. The first-order chi connectivity index (χ1) is 9.38. The van der Waals surface area contributed by atoms with Crippen molar-refractivity contribution in [1.29, 1.82) is 0 Å². The van der Waals surface area contributed by atoms with E-state index in [1.807, 2.05) is 0 Å². The molecule has 1 heterocycles. The van der Waals surface area contributed by atoms with E-state index in [1.165, 1.54) is 6.92 Å². The van der Waals surface area contributed by atoms with Gasteiger partial charge in [-0.2, -0.15) is 0 Å². The van der Waals surface area contributed by atoms with Crippen molar-refractivity contribution in [2.24, 2.45) is 5.73 Å². The molecular weight excluding hydrogens is 258 g/mol. The summed E-state index contributed by atoms with van der Waals surface area (Å²) in [6, 6.07) is 7.89. The Balaban J connectivity index is 2.34. The van der Waals surface area contributed by atoms with E-state index in [9.17, 15) is 14.7 Å². The van der Waals surface area contributed by atoms with Gasteiger partial charge in [-0.1, -0.05) is 30.3 Å². The Hall–Kier alpha value is -1.92. The van der Waals surface area contributed by atoms with Crippen LogP contribution in [0, 0.1) is 0 Å². The summed E-state index contributed by atoms with van der Waals surface area (Å²) in [4.78, 5) is 23.9. The van der Waals surface area contributed by atoms with Crippen LogP contribution in [0.2, 0.25) is 0 Å². The topological polar surface area (TPSA) is 104 Å². The van der Waals surface area contributed by atoms with Crippen molar-refractivity contribution < 1.29 is 14.7 Å². The lowest BCUT2D eigenvalue weighted by Gasteiger charge is -2.34. The third-order valence-electron chi connectivity index (χ3n) is 3.73. The molecule has 2 amide bonds. The van der Waals surface area contributed by atoms with Crippen LogP contribution >= 0.6 is 0 Å². The highest BCUT2D eigenvalue weighted by molar-refractivity contribution is 5.99. The van der Waals surface area contributed by atoms with Crippen molar-refractivity contribution >= 4 is 11.8 Å². The molecule has 2 atom stereocenters. The number of ketones is 1. The maximum atomic E-state index is 12.8. The lowest BCUT2D eigenvalue weighted by molar-refractivity contribution is -0.142. The van der Waals surface area contributed by atoms with Gasteiger partial charge in [0.2, 0.25) is 0 Å². The number of carbonyl (C=O) groups excluding carboxylic acids is 2. The van der Waals surface area contributed by atoms with Gasteiger partial charge in [-0.25, -0.2) is 4.79 Å². The van der Waals surface area contributed by atoms with E-state index in [0.717, 1.165) is 0 Å². The van der Waals surface area contributed by atoms with Crippen LogP contribution in [0.4, 0.5) is 4.79 Å². The predicted molar refractivity (Wildman–Crippen MR) is 74.0 cm³/mol. The Labute approximate surface area is 117 Å². The number of nitrogens with one attached hydrogen (secondary N) is 2. The van der Waals surface area contributed by atoms with Crippen LogP contribution in [-0.2, 0) is 10.4 Å². The minimum atomic E-state index is -1.68. The van der Waals surface area contributed by atoms with Gasteiger partial charge in [-0.3, -0.25) is 4.79 Å². The molecule has 1 fully saturated rings. The molecule has 0 aliphatic carbocycles. The molecule has 1 aromatic rings. The van der Waals surface area contributed by atoms with E-state index in [2.05, 4.69) is 10.6 Å². The highest BCUT2D eigenvalue weighted by atomic mass is 16.3. The van der Waals surface area contributed by atoms with Gasteiger partial charge in [0, 0.05) is 6.54 Å². The predicted octanol–water partition coefficient (Wildman–Crippen LogP) is -0.136. The van der Waals surface area contributed by atoms with Crippen LogP contribution in [0.5, 0.6) is 0 Å². The second-order valence-electron chi connectivity index (χ2n) is 5.27. The van der Waals surface area contributed by atoms with E-state index < -0.39 is 23.0 Å². The number of aliphatic hydroxyl groups is 1. The van der Waals surface area contributed by atoms with Gasteiger partial charge in [0.15, 0.2) is 5.78 Å². The fourth-order valence-electron chi connectivity index (χ4n) is 2.64. The third kappa shape index (κ3) is 2.52. The third-order valence-corrected chi connectivity index (χ3v) is 3.73. The van der Waals surface area contributed by atoms with Crippen LogP contribution in [0.15, 0.2) is 30.3 Å². The Morgan fingerprint density at radius 3 is 2.55 bits per heavy atom. The van der Waals surface area contributed by atoms with Gasteiger partial charge in [-0.15, -0.1) is 0 Å². The quantitative estimate of drug-likeness (QED) is 0.615. The van der Waals surface area contributed by atoms with Crippen LogP contribution in [0.1, 0.15) is 18.9 Å². The Kier molecular flexibility index (Phi) is 3.78. The molecule has 108 valence electrons. The fourth-order valence-corrected chi connectivity index (χ4v) is 2.64. The second-order valence-corrected chi connectivity index (χ2v) is 5.27. The van der Waals surface area contributed by atoms with Crippen LogP contribution < -0.4 is 16.4 Å². The monoisotopic (exact) mass is 277 g/mol. The zero-order chi connectivity index (χ0) is 14.8. The maximum absolute atomic E-state index is 12.8. The largest absolute Gasteiger partial charge is 0.377 e. The molecule has 1 saturated heterocycles.